The van der Waals surface area contributed by atoms with Gasteiger partial charge in [-0.3, -0.25) is 4.79 Å². The minimum absolute atomic E-state index is 0.0947. The Morgan fingerprint density at radius 2 is 2.28 bits per heavy atom. The number of anilines is 1. The van der Waals surface area contributed by atoms with E-state index in [0.29, 0.717) is 10.8 Å². The van der Waals surface area contributed by atoms with Gasteiger partial charge >= 0.3 is 0 Å². The maximum atomic E-state index is 11.6. The van der Waals surface area contributed by atoms with Crippen LogP contribution >= 0.6 is 11.6 Å². The number of nitriles is 1. The van der Waals surface area contributed by atoms with Crippen LogP contribution in [-0.2, 0) is 4.79 Å². The summed E-state index contributed by atoms with van der Waals surface area (Å²) in [4.78, 5) is 17.3. The Labute approximate surface area is 111 Å². The Bertz CT molecular complexity index is 481. The number of nitrogens with zero attached hydrogens (tertiary/aromatic N) is 3. The van der Waals surface area contributed by atoms with Gasteiger partial charge in [0.05, 0.1) is 11.6 Å². The highest BCUT2D eigenvalue weighted by Crippen LogP contribution is 2.17. The molecule has 0 spiro atoms. The molecule has 6 heteroatoms. The van der Waals surface area contributed by atoms with Crippen molar-refractivity contribution in [2.24, 2.45) is 0 Å². The van der Waals surface area contributed by atoms with E-state index in [4.69, 9.17) is 16.9 Å². The molecule has 0 aromatic carbocycles. The van der Waals surface area contributed by atoms with Crippen LogP contribution in [0.25, 0.3) is 0 Å². The molecule has 0 aliphatic heterocycles. The van der Waals surface area contributed by atoms with E-state index in [0.717, 1.165) is 0 Å². The molecule has 0 aliphatic carbocycles. The summed E-state index contributed by atoms with van der Waals surface area (Å²) in [5.41, 5.74) is 0.158. The number of nitrogens with one attached hydrogen (secondary N) is 1. The van der Waals surface area contributed by atoms with Crippen LogP contribution in [0.15, 0.2) is 12.1 Å². The highest BCUT2D eigenvalue weighted by molar-refractivity contribution is 6.31. The fraction of sp³-hybridized carbons (Fsp3) is 0.417. The monoisotopic (exact) mass is 266 g/mol. The molecule has 1 heterocycles. The summed E-state index contributed by atoms with van der Waals surface area (Å²) in [7, 11) is 1.73. The van der Waals surface area contributed by atoms with Gasteiger partial charge in [0.15, 0.2) is 5.69 Å². The fourth-order valence-electron chi connectivity index (χ4n) is 1.39. The van der Waals surface area contributed by atoms with Crippen molar-refractivity contribution in [3.63, 3.8) is 0 Å². The average molecular weight is 267 g/mol. The van der Waals surface area contributed by atoms with Crippen molar-refractivity contribution in [1.29, 1.82) is 5.26 Å². The van der Waals surface area contributed by atoms with Gasteiger partial charge in [-0.15, -0.1) is 0 Å². The summed E-state index contributed by atoms with van der Waals surface area (Å²) >= 11 is 5.79. The normalized spacial score (nSPS) is 10.0. The fourth-order valence-corrected chi connectivity index (χ4v) is 1.53. The van der Waals surface area contributed by atoms with Gasteiger partial charge in [0.1, 0.15) is 11.9 Å². The third-order valence-corrected chi connectivity index (χ3v) is 2.46. The van der Waals surface area contributed by atoms with Crippen LogP contribution in [0.5, 0.6) is 0 Å². The summed E-state index contributed by atoms with van der Waals surface area (Å²) in [5, 5.41) is 11.9. The molecule has 0 atom stereocenters. The molecule has 0 radical (unpaired) electrons. The molecule has 0 aliphatic rings. The van der Waals surface area contributed by atoms with E-state index in [9.17, 15) is 4.79 Å². The average Bonchev–Trinajstić information content (AvgIpc) is 2.28. The van der Waals surface area contributed by atoms with Gasteiger partial charge in [0.2, 0.25) is 5.91 Å². The zero-order valence-electron chi connectivity index (χ0n) is 10.6. The van der Waals surface area contributed by atoms with Crippen LogP contribution in [0.1, 0.15) is 19.5 Å². The van der Waals surface area contributed by atoms with E-state index in [1.54, 1.807) is 24.1 Å². The van der Waals surface area contributed by atoms with Crippen molar-refractivity contribution >= 4 is 23.3 Å². The number of rotatable bonds is 4. The molecule has 5 nitrogen and oxygen atoms in total. The van der Waals surface area contributed by atoms with Gasteiger partial charge in [0, 0.05) is 13.1 Å². The zero-order chi connectivity index (χ0) is 13.7. The first-order valence-electron chi connectivity index (χ1n) is 5.51. The largest absolute Gasteiger partial charge is 0.352 e. The Hall–Kier alpha value is -1.80. The van der Waals surface area contributed by atoms with E-state index >= 15 is 0 Å². The quantitative estimate of drug-likeness (QED) is 0.898. The number of hydrogen-bond donors (Lipinski definition) is 1. The highest BCUT2D eigenvalue weighted by atomic mass is 35.5. The SMILES string of the molecule is CC(C)NC(=O)CN(C)c1ccc(Cl)c(C#N)n1. The van der Waals surface area contributed by atoms with Gasteiger partial charge < -0.3 is 10.2 Å². The smallest absolute Gasteiger partial charge is 0.239 e. The molecule has 96 valence electrons. The van der Waals surface area contributed by atoms with E-state index in [2.05, 4.69) is 10.3 Å². The van der Waals surface area contributed by atoms with Crippen LogP contribution in [0.4, 0.5) is 5.82 Å². The second-order valence-corrected chi connectivity index (χ2v) is 4.60. The first-order valence-corrected chi connectivity index (χ1v) is 5.89. The number of halogens is 1. The molecule has 0 unspecified atom stereocenters. The predicted octanol–water partition coefficient (Wildman–Crippen LogP) is 1.57. The zero-order valence-corrected chi connectivity index (χ0v) is 11.3. The van der Waals surface area contributed by atoms with E-state index in [-0.39, 0.29) is 24.2 Å². The maximum absolute atomic E-state index is 11.6. The molecule has 1 amide bonds. The third kappa shape index (κ3) is 3.90. The van der Waals surface area contributed by atoms with Crippen LogP contribution in [0.3, 0.4) is 0 Å². The number of amides is 1. The van der Waals surface area contributed by atoms with Gasteiger partial charge in [0.25, 0.3) is 0 Å². The van der Waals surface area contributed by atoms with E-state index < -0.39 is 0 Å². The van der Waals surface area contributed by atoms with Crippen LogP contribution in [-0.4, -0.2) is 30.5 Å². The topological polar surface area (TPSA) is 69.0 Å². The minimum Gasteiger partial charge on any atom is -0.352 e. The number of carbonyl (C=O) groups is 1. The molecular weight excluding hydrogens is 252 g/mol. The molecule has 0 bridgehead atoms. The minimum atomic E-state index is -0.0947. The van der Waals surface area contributed by atoms with Crippen LogP contribution in [0.2, 0.25) is 5.02 Å². The van der Waals surface area contributed by atoms with Crippen molar-refractivity contribution in [2.75, 3.05) is 18.5 Å². The molecular formula is C12H15ClN4O. The highest BCUT2D eigenvalue weighted by Gasteiger charge is 2.11. The summed E-state index contributed by atoms with van der Waals surface area (Å²) in [6.45, 7) is 3.97. The van der Waals surface area contributed by atoms with Crippen molar-refractivity contribution in [2.45, 2.75) is 19.9 Å². The lowest BCUT2D eigenvalue weighted by molar-refractivity contribution is -0.120. The van der Waals surface area contributed by atoms with Gasteiger partial charge in [-0.1, -0.05) is 11.6 Å². The molecule has 1 aromatic heterocycles. The molecule has 0 saturated heterocycles. The molecule has 0 saturated carbocycles. The lowest BCUT2D eigenvalue weighted by Gasteiger charge is -2.18. The number of likely N-dealkylation sites (N-methyl/N-ethyl adjacent to an activating group) is 1. The van der Waals surface area contributed by atoms with Gasteiger partial charge in [-0.2, -0.15) is 5.26 Å². The van der Waals surface area contributed by atoms with E-state index in [1.165, 1.54) is 0 Å². The Morgan fingerprint density at radius 3 is 2.83 bits per heavy atom. The molecule has 1 rings (SSSR count). The number of pyridine rings is 1. The second kappa shape index (κ2) is 6.22. The summed E-state index contributed by atoms with van der Waals surface area (Å²) < 4.78 is 0. The standard InChI is InChI=1S/C12H15ClN4O/c1-8(2)15-12(18)7-17(3)11-5-4-9(13)10(6-14)16-11/h4-5,8H,7H2,1-3H3,(H,15,18). The third-order valence-electron chi connectivity index (χ3n) is 2.16. The number of hydrogen-bond acceptors (Lipinski definition) is 4. The molecule has 18 heavy (non-hydrogen) atoms. The summed E-state index contributed by atoms with van der Waals surface area (Å²) in [6, 6.07) is 5.27. The van der Waals surface area contributed by atoms with Crippen LogP contribution < -0.4 is 10.2 Å². The lowest BCUT2D eigenvalue weighted by atomic mass is 10.3. The first kappa shape index (κ1) is 14.3. The number of aromatic nitrogens is 1. The molecule has 1 aromatic rings. The van der Waals surface area contributed by atoms with Gasteiger partial charge in [-0.25, -0.2) is 4.98 Å². The lowest BCUT2D eigenvalue weighted by Crippen LogP contribution is -2.38. The maximum Gasteiger partial charge on any atom is 0.239 e. The Kier molecular flexibility index (Phi) is 4.93. The Morgan fingerprint density at radius 1 is 1.61 bits per heavy atom. The van der Waals surface area contributed by atoms with Crippen molar-refractivity contribution < 1.29 is 4.79 Å². The first-order chi connectivity index (χ1) is 8.43. The predicted molar refractivity (Wildman–Crippen MR) is 70.5 cm³/mol. The molecule has 0 fully saturated rings. The second-order valence-electron chi connectivity index (χ2n) is 4.19. The van der Waals surface area contributed by atoms with Crippen molar-refractivity contribution in [1.82, 2.24) is 10.3 Å². The Balaban J connectivity index is 2.76. The molecule has 1 N–H and O–H groups in total. The van der Waals surface area contributed by atoms with E-state index in [1.807, 2.05) is 19.9 Å². The number of carbonyl (C=O) groups excluding carboxylic acids is 1. The van der Waals surface area contributed by atoms with Crippen molar-refractivity contribution in [3.8, 4) is 6.07 Å². The van der Waals surface area contributed by atoms with Crippen LogP contribution in [0, 0.1) is 11.3 Å². The summed E-state index contributed by atoms with van der Waals surface area (Å²) in [6.07, 6.45) is 0. The summed E-state index contributed by atoms with van der Waals surface area (Å²) in [5.74, 6) is 0.442. The van der Waals surface area contributed by atoms with Gasteiger partial charge in [-0.05, 0) is 26.0 Å². The van der Waals surface area contributed by atoms with Crippen molar-refractivity contribution in [3.05, 3.63) is 22.8 Å².